The summed E-state index contributed by atoms with van der Waals surface area (Å²) < 4.78 is 27.6. The smallest absolute Gasteiger partial charge is 0.246 e. The first kappa shape index (κ1) is 22.9. The number of rotatable bonds is 5. The number of carbonyl (C=O) groups is 1. The van der Waals surface area contributed by atoms with Gasteiger partial charge in [-0.05, 0) is 93.6 Å². The van der Waals surface area contributed by atoms with Crippen molar-refractivity contribution >= 4 is 39.1 Å². The third-order valence-corrected chi connectivity index (χ3v) is 11.6. The van der Waals surface area contributed by atoms with Gasteiger partial charge in [0, 0.05) is 25.0 Å². The molecule has 1 atom stereocenters. The molecule has 6 rings (SSSR count). The molecule has 1 heterocycles. The molecule has 1 aliphatic heterocycles. The van der Waals surface area contributed by atoms with E-state index in [0.717, 1.165) is 17.8 Å². The summed E-state index contributed by atoms with van der Waals surface area (Å²) in [5.41, 5.74) is 0.273. The molecular weight excluding hydrogens is 467 g/mol. The van der Waals surface area contributed by atoms with E-state index in [1.54, 1.807) is 6.07 Å². The Kier molecular flexibility index (Phi) is 6.05. The van der Waals surface area contributed by atoms with Gasteiger partial charge in [-0.3, -0.25) is 4.79 Å². The predicted octanol–water partition coefficient (Wildman–Crippen LogP) is 5.12. The average molecular weight is 500 g/mol. The SMILES string of the molecule is CC(NC(=O)C1CCN(S(=O)(=O)c2c(Cl)cccc2Cl)CC1)C12CC3CC(CC(C3)C1)C2. The zero-order valence-electron chi connectivity index (χ0n) is 18.5. The number of hydrogen-bond donors (Lipinski definition) is 1. The highest BCUT2D eigenvalue weighted by Crippen LogP contribution is 2.61. The van der Waals surface area contributed by atoms with E-state index < -0.39 is 10.0 Å². The van der Waals surface area contributed by atoms with E-state index in [-0.39, 0.29) is 38.2 Å². The van der Waals surface area contributed by atoms with Gasteiger partial charge >= 0.3 is 0 Å². The maximum absolute atomic E-state index is 13.1. The second-order valence-electron chi connectivity index (χ2n) is 10.7. The third kappa shape index (κ3) is 3.99. The molecule has 1 unspecified atom stereocenters. The molecule has 1 amide bonds. The monoisotopic (exact) mass is 498 g/mol. The summed E-state index contributed by atoms with van der Waals surface area (Å²) in [5, 5.41) is 3.61. The molecule has 4 aliphatic carbocycles. The molecule has 5 fully saturated rings. The van der Waals surface area contributed by atoms with Crippen LogP contribution >= 0.6 is 23.2 Å². The van der Waals surface area contributed by atoms with Gasteiger partial charge in [-0.25, -0.2) is 8.42 Å². The summed E-state index contributed by atoms with van der Waals surface area (Å²) in [6.45, 7) is 2.80. The fourth-order valence-corrected chi connectivity index (χ4v) is 9.97. The summed E-state index contributed by atoms with van der Waals surface area (Å²) in [6.07, 6.45) is 8.98. The van der Waals surface area contributed by atoms with E-state index in [0.29, 0.717) is 25.9 Å². The van der Waals surface area contributed by atoms with Gasteiger partial charge in [-0.1, -0.05) is 29.3 Å². The highest BCUT2D eigenvalue weighted by molar-refractivity contribution is 7.89. The van der Waals surface area contributed by atoms with Crippen molar-refractivity contribution in [3.8, 4) is 0 Å². The molecule has 8 heteroatoms. The number of sulfonamides is 1. The zero-order valence-corrected chi connectivity index (χ0v) is 20.9. The normalized spacial score (nSPS) is 33.9. The Hall–Kier alpha value is -0.820. The molecule has 32 heavy (non-hydrogen) atoms. The maximum atomic E-state index is 13.1. The first-order valence-corrected chi connectivity index (χ1v) is 14.1. The van der Waals surface area contributed by atoms with Gasteiger partial charge in [-0.2, -0.15) is 4.31 Å². The molecule has 176 valence electrons. The van der Waals surface area contributed by atoms with Crippen molar-refractivity contribution in [1.29, 1.82) is 0 Å². The Morgan fingerprint density at radius 3 is 2.03 bits per heavy atom. The van der Waals surface area contributed by atoms with Crippen LogP contribution in [0.1, 0.15) is 58.3 Å². The van der Waals surface area contributed by atoms with Crippen molar-refractivity contribution in [1.82, 2.24) is 9.62 Å². The minimum absolute atomic E-state index is 0.0401. The summed E-state index contributed by atoms with van der Waals surface area (Å²) in [7, 11) is -3.79. The van der Waals surface area contributed by atoms with E-state index in [1.165, 1.54) is 55.0 Å². The Balaban J connectivity index is 1.21. The van der Waals surface area contributed by atoms with Crippen molar-refractivity contribution in [3.05, 3.63) is 28.2 Å². The van der Waals surface area contributed by atoms with Crippen LogP contribution in [0.3, 0.4) is 0 Å². The Morgan fingerprint density at radius 1 is 1.03 bits per heavy atom. The molecule has 0 radical (unpaired) electrons. The maximum Gasteiger partial charge on any atom is 0.246 e. The lowest BCUT2D eigenvalue weighted by molar-refractivity contribution is -0.130. The van der Waals surface area contributed by atoms with Crippen LogP contribution in [-0.2, 0) is 14.8 Å². The lowest BCUT2D eigenvalue weighted by Gasteiger charge is -2.59. The van der Waals surface area contributed by atoms with Crippen molar-refractivity contribution in [2.75, 3.05) is 13.1 Å². The topological polar surface area (TPSA) is 66.5 Å². The number of nitrogens with one attached hydrogen (secondary N) is 1. The molecule has 5 aliphatic rings. The van der Waals surface area contributed by atoms with Crippen molar-refractivity contribution in [2.24, 2.45) is 29.1 Å². The number of carbonyl (C=O) groups excluding carboxylic acids is 1. The van der Waals surface area contributed by atoms with E-state index in [9.17, 15) is 13.2 Å². The van der Waals surface area contributed by atoms with Crippen LogP contribution in [0.5, 0.6) is 0 Å². The molecule has 0 spiro atoms. The second kappa shape index (κ2) is 8.44. The largest absolute Gasteiger partial charge is 0.353 e. The fourth-order valence-electron chi connectivity index (χ4n) is 7.41. The Labute approximate surface area is 201 Å². The number of halogens is 2. The molecule has 1 aromatic rings. The van der Waals surface area contributed by atoms with Crippen molar-refractivity contribution < 1.29 is 13.2 Å². The molecular formula is C24H32Cl2N2O3S. The first-order valence-electron chi connectivity index (χ1n) is 11.9. The van der Waals surface area contributed by atoms with Gasteiger partial charge in [0.25, 0.3) is 0 Å². The Bertz CT molecular complexity index is 949. The second-order valence-corrected chi connectivity index (χ2v) is 13.4. The molecule has 0 aromatic heterocycles. The first-order chi connectivity index (χ1) is 15.2. The summed E-state index contributed by atoms with van der Waals surface area (Å²) in [6, 6.07) is 4.89. The highest BCUT2D eigenvalue weighted by atomic mass is 35.5. The molecule has 1 N–H and O–H groups in total. The molecule has 4 saturated carbocycles. The lowest BCUT2D eigenvalue weighted by atomic mass is 9.48. The van der Waals surface area contributed by atoms with E-state index in [2.05, 4.69) is 12.2 Å². The number of hydrogen-bond acceptors (Lipinski definition) is 3. The number of nitrogens with zero attached hydrogens (tertiary/aromatic N) is 1. The summed E-state index contributed by atoms with van der Waals surface area (Å²) in [4.78, 5) is 13.1. The van der Waals surface area contributed by atoms with Gasteiger partial charge in [-0.15, -0.1) is 0 Å². The molecule has 4 bridgehead atoms. The average Bonchev–Trinajstić information content (AvgIpc) is 2.72. The van der Waals surface area contributed by atoms with Crippen LogP contribution in [0.2, 0.25) is 10.0 Å². The number of piperidine rings is 1. The lowest BCUT2D eigenvalue weighted by Crippen LogP contribution is -2.56. The fraction of sp³-hybridized carbons (Fsp3) is 0.708. The van der Waals surface area contributed by atoms with Gasteiger partial charge in [0.1, 0.15) is 4.90 Å². The van der Waals surface area contributed by atoms with E-state index >= 15 is 0 Å². The van der Waals surface area contributed by atoms with Gasteiger partial charge in [0.15, 0.2) is 0 Å². The van der Waals surface area contributed by atoms with Crippen LogP contribution < -0.4 is 5.32 Å². The van der Waals surface area contributed by atoms with E-state index in [4.69, 9.17) is 23.2 Å². The predicted molar refractivity (Wildman–Crippen MR) is 126 cm³/mol. The van der Waals surface area contributed by atoms with Crippen LogP contribution in [0, 0.1) is 29.1 Å². The van der Waals surface area contributed by atoms with Gasteiger partial charge in [0.2, 0.25) is 15.9 Å². The molecule has 1 aromatic carbocycles. The van der Waals surface area contributed by atoms with Crippen molar-refractivity contribution in [3.63, 3.8) is 0 Å². The highest BCUT2D eigenvalue weighted by Gasteiger charge is 2.53. The minimum atomic E-state index is -3.79. The molecule has 1 saturated heterocycles. The number of benzene rings is 1. The Morgan fingerprint density at radius 2 is 1.53 bits per heavy atom. The quantitative estimate of drug-likeness (QED) is 0.612. The van der Waals surface area contributed by atoms with Gasteiger partial charge in [0.05, 0.1) is 10.0 Å². The van der Waals surface area contributed by atoms with Crippen molar-refractivity contribution in [2.45, 2.75) is 69.2 Å². The summed E-state index contributed by atoms with van der Waals surface area (Å²) >= 11 is 12.3. The number of amides is 1. The van der Waals surface area contributed by atoms with Gasteiger partial charge < -0.3 is 5.32 Å². The van der Waals surface area contributed by atoms with E-state index in [1.807, 2.05) is 0 Å². The standard InChI is InChI=1S/C24H32Cl2N2O3S/c1-15(24-12-16-9-17(13-24)11-18(10-16)14-24)27-23(29)19-5-7-28(8-6-19)32(30,31)22-20(25)3-2-4-21(22)26/h2-4,15-19H,5-14H2,1H3,(H,27,29). The third-order valence-electron chi connectivity index (χ3n) is 8.70. The molecule has 5 nitrogen and oxygen atoms in total. The van der Waals surface area contributed by atoms with Crippen LogP contribution in [0.4, 0.5) is 0 Å². The summed E-state index contributed by atoms with van der Waals surface area (Å²) in [5.74, 6) is 2.49. The van der Waals surface area contributed by atoms with Crippen LogP contribution in [0.15, 0.2) is 23.1 Å². The van der Waals surface area contributed by atoms with Crippen LogP contribution in [-0.4, -0.2) is 37.8 Å². The van der Waals surface area contributed by atoms with Crippen LogP contribution in [0.25, 0.3) is 0 Å². The minimum Gasteiger partial charge on any atom is -0.353 e. The zero-order chi connectivity index (χ0) is 22.7.